The van der Waals surface area contributed by atoms with Crippen molar-refractivity contribution >= 4 is 23.3 Å². The van der Waals surface area contributed by atoms with Gasteiger partial charge in [0.1, 0.15) is 0 Å². The van der Waals surface area contributed by atoms with E-state index in [1.807, 2.05) is 0 Å². The van der Waals surface area contributed by atoms with E-state index in [-0.39, 0.29) is 6.03 Å². The van der Waals surface area contributed by atoms with Gasteiger partial charge in [0.05, 0.1) is 6.10 Å². The van der Waals surface area contributed by atoms with Gasteiger partial charge in [0.15, 0.2) is 0 Å². The SMILES string of the molecule is CN1CCN(CC(O)CN(C)C(=O)Nc2cccc(Cl)c2)CC1. The molecule has 1 aliphatic heterocycles. The molecule has 2 amide bonds. The Morgan fingerprint density at radius 1 is 1.39 bits per heavy atom. The van der Waals surface area contributed by atoms with E-state index in [4.69, 9.17) is 11.6 Å². The summed E-state index contributed by atoms with van der Waals surface area (Å²) >= 11 is 5.90. The summed E-state index contributed by atoms with van der Waals surface area (Å²) < 4.78 is 0. The number of nitrogens with one attached hydrogen (secondary N) is 1. The fraction of sp³-hybridized carbons (Fsp3) is 0.562. The molecule has 1 saturated heterocycles. The van der Waals surface area contributed by atoms with Gasteiger partial charge in [-0.25, -0.2) is 4.79 Å². The number of amides is 2. The molecule has 0 saturated carbocycles. The Labute approximate surface area is 142 Å². The van der Waals surface area contributed by atoms with Crippen molar-refractivity contribution in [1.82, 2.24) is 14.7 Å². The zero-order valence-corrected chi connectivity index (χ0v) is 14.5. The van der Waals surface area contributed by atoms with Crippen molar-refractivity contribution in [2.24, 2.45) is 0 Å². The van der Waals surface area contributed by atoms with Crippen molar-refractivity contribution in [1.29, 1.82) is 0 Å². The van der Waals surface area contributed by atoms with Gasteiger partial charge in [-0.3, -0.25) is 4.90 Å². The number of halogens is 1. The van der Waals surface area contributed by atoms with Crippen molar-refractivity contribution in [2.75, 3.05) is 58.7 Å². The van der Waals surface area contributed by atoms with E-state index in [0.717, 1.165) is 26.2 Å². The average Bonchev–Trinajstić information content (AvgIpc) is 2.49. The highest BCUT2D eigenvalue weighted by Crippen LogP contribution is 2.15. The molecule has 1 heterocycles. The molecule has 2 rings (SSSR count). The van der Waals surface area contributed by atoms with Gasteiger partial charge >= 0.3 is 6.03 Å². The number of likely N-dealkylation sites (N-methyl/N-ethyl adjacent to an activating group) is 2. The van der Waals surface area contributed by atoms with E-state index in [1.165, 1.54) is 4.90 Å². The second kappa shape index (κ2) is 8.49. The molecule has 128 valence electrons. The highest BCUT2D eigenvalue weighted by Gasteiger charge is 2.19. The normalized spacial score (nSPS) is 17.7. The number of hydrogen-bond acceptors (Lipinski definition) is 4. The van der Waals surface area contributed by atoms with E-state index < -0.39 is 6.10 Å². The predicted octanol–water partition coefficient (Wildman–Crippen LogP) is 1.41. The van der Waals surface area contributed by atoms with Gasteiger partial charge in [0.25, 0.3) is 0 Å². The quantitative estimate of drug-likeness (QED) is 0.851. The van der Waals surface area contributed by atoms with Crippen LogP contribution in [0.5, 0.6) is 0 Å². The zero-order chi connectivity index (χ0) is 16.8. The maximum atomic E-state index is 12.1. The molecule has 2 N–H and O–H groups in total. The first kappa shape index (κ1) is 18.0. The number of urea groups is 1. The van der Waals surface area contributed by atoms with Crippen molar-refractivity contribution in [3.8, 4) is 0 Å². The number of benzene rings is 1. The number of carbonyl (C=O) groups excluding carboxylic acids is 1. The number of hydrogen-bond donors (Lipinski definition) is 2. The second-order valence-electron chi connectivity index (χ2n) is 6.08. The third-order valence-corrected chi connectivity index (χ3v) is 4.21. The van der Waals surface area contributed by atoms with E-state index >= 15 is 0 Å². The topological polar surface area (TPSA) is 59.1 Å². The number of β-amino-alcohol motifs (C(OH)–C–C–N with tert-alkyl or cyclic N) is 1. The first-order valence-electron chi connectivity index (χ1n) is 7.80. The smallest absolute Gasteiger partial charge is 0.321 e. The van der Waals surface area contributed by atoms with Crippen LogP contribution in [0.15, 0.2) is 24.3 Å². The number of aliphatic hydroxyl groups is 1. The van der Waals surface area contributed by atoms with Crippen molar-refractivity contribution in [3.63, 3.8) is 0 Å². The number of nitrogens with zero attached hydrogens (tertiary/aromatic N) is 3. The zero-order valence-electron chi connectivity index (χ0n) is 13.7. The Bertz CT molecular complexity index is 521. The van der Waals surface area contributed by atoms with Crippen LogP contribution in [0.4, 0.5) is 10.5 Å². The molecular formula is C16H25ClN4O2. The third-order valence-electron chi connectivity index (χ3n) is 3.97. The molecule has 1 fully saturated rings. The fourth-order valence-electron chi connectivity index (χ4n) is 2.57. The van der Waals surface area contributed by atoms with E-state index in [0.29, 0.717) is 23.8 Å². The lowest BCUT2D eigenvalue weighted by Gasteiger charge is -2.34. The van der Waals surface area contributed by atoms with Gasteiger partial charge in [-0.15, -0.1) is 0 Å². The highest BCUT2D eigenvalue weighted by molar-refractivity contribution is 6.30. The fourth-order valence-corrected chi connectivity index (χ4v) is 2.76. The largest absolute Gasteiger partial charge is 0.390 e. The summed E-state index contributed by atoms with van der Waals surface area (Å²) in [4.78, 5) is 18.1. The lowest BCUT2D eigenvalue weighted by atomic mass is 10.2. The molecule has 1 aliphatic rings. The maximum absolute atomic E-state index is 12.1. The number of anilines is 1. The summed E-state index contributed by atoms with van der Waals surface area (Å²) in [7, 11) is 3.77. The second-order valence-corrected chi connectivity index (χ2v) is 6.52. The van der Waals surface area contributed by atoms with Gasteiger partial charge in [0, 0.05) is 57.0 Å². The van der Waals surface area contributed by atoms with Gasteiger partial charge in [-0.05, 0) is 25.2 Å². The average molecular weight is 341 g/mol. The maximum Gasteiger partial charge on any atom is 0.321 e. The summed E-state index contributed by atoms with van der Waals surface area (Å²) in [5.41, 5.74) is 0.642. The van der Waals surface area contributed by atoms with Gasteiger partial charge < -0.3 is 20.2 Å². The molecule has 1 unspecified atom stereocenters. The molecule has 0 aromatic heterocycles. The van der Waals surface area contributed by atoms with E-state index in [1.54, 1.807) is 31.3 Å². The van der Waals surface area contributed by atoms with E-state index in [2.05, 4.69) is 22.2 Å². The lowest BCUT2D eigenvalue weighted by molar-refractivity contribution is 0.0670. The van der Waals surface area contributed by atoms with Crippen LogP contribution in [0, 0.1) is 0 Å². The minimum atomic E-state index is -0.562. The molecular weight excluding hydrogens is 316 g/mol. The van der Waals surface area contributed by atoms with Crippen LogP contribution in [-0.2, 0) is 0 Å². The number of aliphatic hydroxyl groups excluding tert-OH is 1. The summed E-state index contributed by atoms with van der Waals surface area (Å²) in [6.07, 6.45) is -0.562. The summed E-state index contributed by atoms with van der Waals surface area (Å²) in [5, 5.41) is 13.5. The van der Waals surface area contributed by atoms with Crippen molar-refractivity contribution < 1.29 is 9.90 Å². The van der Waals surface area contributed by atoms with Crippen LogP contribution in [-0.4, -0.2) is 85.3 Å². The standard InChI is InChI=1S/C16H25ClN4O2/c1-19-6-8-21(9-7-19)12-15(22)11-20(2)16(23)18-14-5-3-4-13(17)10-14/h3-5,10,15,22H,6-9,11-12H2,1-2H3,(H,18,23). The molecule has 7 heteroatoms. The van der Waals surface area contributed by atoms with Crippen LogP contribution < -0.4 is 5.32 Å². The monoisotopic (exact) mass is 340 g/mol. The lowest BCUT2D eigenvalue weighted by Crippen LogP contribution is -2.49. The number of carbonyl (C=O) groups is 1. The summed E-state index contributed by atoms with van der Waals surface area (Å²) in [5.74, 6) is 0. The van der Waals surface area contributed by atoms with Crippen molar-refractivity contribution in [2.45, 2.75) is 6.10 Å². The summed E-state index contributed by atoms with van der Waals surface area (Å²) in [6.45, 7) is 4.80. The molecule has 6 nitrogen and oxygen atoms in total. The predicted molar refractivity (Wildman–Crippen MR) is 93.0 cm³/mol. The van der Waals surface area contributed by atoms with Crippen LogP contribution in [0.25, 0.3) is 0 Å². The molecule has 23 heavy (non-hydrogen) atoms. The Morgan fingerprint density at radius 3 is 2.74 bits per heavy atom. The van der Waals surface area contributed by atoms with Crippen LogP contribution >= 0.6 is 11.6 Å². The first-order valence-corrected chi connectivity index (χ1v) is 8.18. The molecule has 1 aromatic rings. The number of rotatable bonds is 5. The molecule has 1 aromatic carbocycles. The van der Waals surface area contributed by atoms with Crippen LogP contribution in [0.2, 0.25) is 5.02 Å². The highest BCUT2D eigenvalue weighted by atomic mass is 35.5. The first-order chi connectivity index (χ1) is 10.9. The minimum absolute atomic E-state index is 0.260. The van der Waals surface area contributed by atoms with Crippen LogP contribution in [0.1, 0.15) is 0 Å². The summed E-state index contributed by atoms with van der Waals surface area (Å²) in [6, 6.07) is 6.73. The van der Waals surface area contributed by atoms with Gasteiger partial charge in [-0.1, -0.05) is 17.7 Å². The van der Waals surface area contributed by atoms with Crippen molar-refractivity contribution in [3.05, 3.63) is 29.3 Å². The molecule has 0 spiro atoms. The Kier molecular flexibility index (Phi) is 6.65. The molecule has 0 bridgehead atoms. The van der Waals surface area contributed by atoms with Gasteiger partial charge in [0.2, 0.25) is 0 Å². The van der Waals surface area contributed by atoms with Gasteiger partial charge in [-0.2, -0.15) is 0 Å². The Morgan fingerprint density at radius 2 is 2.09 bits per heavy atom. The van der Waals surface area contributed by atoms with E-state index in [9.17, 15) is 9.90 Å². The third kappa shape index (κ3) is 5.99. The Hall–Kier alpha value is -1.34. The number of piperazine rings is 1. The molecule has 0 radical (unpaired) electrons. The molecule has 1 atom stereocenters. The van der Waals surface area contributed by atoms with Crippen LogP contribution in [0.3, 0.4) is 0 Å². The minimum Gasteiger partial charge on any atom is -0.390 e. The molecule has 0 aliphatic carbocycles. The Balaban J connectivity index is 1.76.